The summed E-state index contributed by atoms with van der Waals surface area (Å²) in [5, 5.41) is 6.16. The van der Waals surface area contributed by atoms with E-state index in [1.54, 1.807) is 18.2 Å². The van der Waals surface area contributed by atoms with E-state index in [-0.39, 0.29) is 5.91 Å². The minimum absolute atomic E-state index is 0.294. The van der Waals surface area contributed by atoms with Gasteiger partial charge in [-0.3, -0.25) is 4.79 Å². The van der Waals surface area contributed by atoms with E-state index in [1.807, 2.05) is 12.1 Å². The summed E-state index contributed by atoms with van der Waals surface area (Å²) in [5.74, 6) is -0.298. The number of rotatable bonds is 3. The molecular formula is C20H16Cl3N3O. The third-order valence-electron chi connectivity index (χ3n) is 4.80. The summed E-state index contributed by atoms with van der Waals surface area (Å²) in [7, 11) is 0. The molecule has 4 nitrogen and oxygen atoms in total. The minimum Gasteiger partial charge on any atom is -0.358 e. The molecule has 0 saturated heterocycles. The second-order valence-corrected chi connectivity index (χ2v) is 7.70. The number of carbonyl (C=O) groups is 1. The molecule has 7 heteroatoms. The Labute approximate surface area is 171 Å². The van der Waals surface area contributed by atoms with Gasteiger partial charge in [0.1, 0.15) is 0 Å². The van der Waals surface area contributed by atoms with Gasteiger partial charge in [0.15, 0.2) is 0 Å². The van der Waals surface area contributed by atoms with E-state index in [0.717, 1.165) is 23.7 Å². The normalized spacial score (nSPS) is 13.9. The molecule has 0 atom stereocenters. The molecule has 27 heavy (non-hydrogen) atoms. The van der Waals surface area contributed by atoms with Gasteiger partial charge < -0.3 is 4.98 Å². The van der Waals surface area contributed by atoms with Crippen molar-refractivity contribution in [2.75, 3.05) is 0 Å². The Kier molecular flexibility index (Phi) is 5.13. The standard InChI is InChI=1S/C20H16Cl3N3O/c21-15-6-7-16(22)19(23)14(15)10-24-26-20(27)11-5-8-18-13(9-11)12-3-1-2-4-17(12)25-18/h5-10,25H,1-4H2,(H,26,27)/b24-10-. The lowest BCUT2D eigenvalue weighted by atomic mass is 9.95. The average Bonchev–Trinajstić information content (AvgIpc) is 3.05. The number of halogens is 3. The molecule has 2 aromatic carbocycles. The average molecular weight is 421 g/mol. The third-order valence-corrected chi connectivity index (χ3v) is 5.95. The van der Waals surface area contributed by atoms with E-state index >= 15 is 0 Å². The van der Waals surface area contributed by atoms with Crippen molar-refractivity contribution in [1.82, 2.24) is 10.4 Å². The lowest BCUT2D eigenvalue weighted by molar-refractivity contribution is 0.0955. The maximum Gasteiger partial charge on any atom is 0.271 e. The summed E-state index contributed by atoms with van der Waals surface area (Å²) in [6.07, 6.45) is 5.89. The highest BCUT2D eigenvalue weighted by Gasteiger charge is 2.16. The summed E-state index contributed by atoms with van der Waals surface area (Å²) in [6.45, 7) is 0. The monoisotopic (exact) mass is 419 g/mol. The SMILES string of the molecule is O=C(N/N=C\c1c(Cl)ccc(Cl)c1Cl)c1ccc2[nH]c3c(c2c1)CCCC3. The lowest BCUT2D eigenvalue weighted by Gasteiger charge is -2.10. The molecule has 0 radical (unpaired) electrons. The molecule has 1 aliphatic rings. The van der Waals surface area contributed by atoms with Gasteiger partial charge in [-0.15, -0.1) is 0 Å². The largest absolute Gasteiger partial charge is 0.358 e. The molecule has 0 bridgehead atoms. The first-order valence-corrected chi connectivity index (χ1v) is 9.78. The number of fused-ring (bicyclic) bond motifs is 3. The van der Waals surface area contributed by atoms with Crippen LogP contribution in [0.5, 0.6) is 0 Å². The highest BCUT2D eigenvalue weighted by molar-refractivity contribution is 6.45. The second-order valence-electron chi connectivity index (χ2n) is 6.51. The molecule has 138 valence electrons. The Bertz CT molecular complexity index is 1070. The fourth-order valence-corrected chi connectivity index (χ4v) is 4.06. The predicted octanol–water partition coefficient (Wildman–Crippen LogP) is 5.77. The number of aryl methyl sites for hydroxylation is 2. The maximum atomic E-state index is 12.5. The first-order chi connectivity index (χ1) is 13.0. The Balaban J connectivity index is 1.56. The Hall–Kier alpha value is -2.01. The summed E-state index contributed by atoms with van der Waals surface area (Å²) >= 11 is 18.2. The zero-order chi connectivity index (χ0) is 19.0. The van der Waals surface area contributed by atoms with Crippen LogP contribution in [0.1, 0.15) is 40.0 Å². The highest BCUT2D eigenvalue weighted by atomic mass is 35.5. The third kappa shape index (κ3) is 3.57. The van der Waals surface area contributed by atoms with Crippen LogP contribution in [0, 0.1) is 0 Å². The van der Waals surface area contributed by atoms with E-state index < -0.39 is 0 Å². The molecule has 1 aromatic heterocycles. The molecule has 1 amide bonds. The Morgan fingerprint density at radius 2 is 1.85 bits per heavy atom. The van der Waals surface area contributed by atoms with Crippen LogP contribution >= 0.6 is 34.8 Å². The molecule has 0 aliphatic heterocycles. The van der Waals surface area contributed by atoms with Crippen LogP contribution < -0.4 is 5.43 Å². The number of benzene rings is 2. The Morgan fingerprint density at radius 3 is 2.70 bits per heavy atom. The van der Waals surface area contributed by atoms with E-state index in [9.17, 15) is 4.79 Å². The number of aromatic nitrogens is 1. The van der Waals surface area contributed by atoms with Crippen molar-refractivity contribution in [3.05, 3.63) is 67.8 Å². The molecule has 0 fully saturated rings. The van der Waals surface area contributed by atoms with Crippen molar-refractivity contribution < 1.29 is 4.79 Å². The summed E-state index contributed by atoms with van der Waals surface area (Å²) in [4.78, 5) is 15.9. The van der Waals surface area contributed by atoms with E-state index in [0.29, 0.717) is 26.2 Å². The molecular weight excluding hydrogens is 405 g/mol. The molecule has 4 rings (SSSR count). The first-order valence-electron chi connectivity index (χ1n) is 8.65. The summed E-state index contributed by atoms with van der Waals surface area (Å²) < 4.78 is 0. The fourth-order valence-electron chi connectivity index (χ4n) is 3.43. The van der Waals surface area contributed by atoms with Gasteiger partial charge in [-0.2, -0.15) is 5.10 Å². The molecule has 1 aliphatic carbocycles. The fraction of sp³-hybridized carbons (Fsp3) is 0.200. The number of hydrogen-bond donors (Lipinski definition) is 2. The predicted molar refractivity (Wildman–Crippen MR) is 111 cm³/mol. The quantitative estimate of drug-likeness (QED) is 0.315. The summed E-state index contributed by atoms with van der Waals surface area (Å²) in [5.41, 5.74) is 7.21. The van der Waals surface area contributed by atoms with Gasteiger partial charge in [-0.1, -0.05) is 34.8 Å². The van der Waals surface area contributed by atoms with Gasteiger partial charge >= 0.3 is 0 Å². The van der Waals surface area contributed by atoms with Crippen molar-refractivity contribution in [1.29, 1.82) is 0 Å². The number of carbonyl (C=O) groups excluding carboxylic acids is 1. The van der Waals surface area contributed by atoms with Crippen LogP contribution in [0.25, 0.3) is 10.9 Å². The number of hydrazone groups is 1. The van der Waals surface area contributed by atoms with E-state index in [1.165, 1.54) is 30.3 Å². The van der Waals surface area contributed by atoms with Crippen LogP contribution in [0.15, 0.2) is 35.4 Å². The molecule has 0 saturated carbocycles. The highest BCUT2D eigenvalue weighted by Crippen LogP contribution is 2.31. The second kappa shape index (κ2) is 7.55. The number of H-pyrrole nitrogens is 1. The first kappa shape index (κ1) is 18.4. The van der Waals surface area contributed by atoms with Crippen molar-refractivity contribution in [3.63, 3.8) is 0 Å². The van der Waals surface area contributed by atoms with E-state index in [2.05, 4.69) is 15.5 Å². The number of nitrogens with zero attached hydrogens (tertiary/aromatic N) is 1. The van der Waals surface area contributed by atoms with Crippen molar-refractivity contribution in [2.45, 2.75) is 25.7 Å². The van der Waals surface area contributed by atoms with Crippen LogP contribution in [0.4, 0.5) is 0 Å². The zero-order valence-corrected chi connectivity index (χ0v) is 16.5. The molecule has 1 heterocycles. The van der Waals surface area contributed by atoms with E-state index in [4.69, 9.17) is 34.8 Å². The molecule has 0 spiro atoms. The maximum absolute atomic E-state index is 12.5. The van der Waals surface area contributed by atoms with Gasteiger partial charge in [0, 0.05) is 27.7 Å². The topological polar surface area (TPSA) is 57.2 Å². The van der Waals surface area contributed by atoms with Gasteiger partial charge in [0.2, 0.25) is 0 Å². The van der Waals surface area contributed by atoms with Gasteiger partial charge in [0.25, 0.3) is 5.91 Å². The van der Waals surface area contributed by atoms with Crippen LogP contribution in [0.3, 0.4) is 0 Å². The molecule has 0 unspecified atom stereocenters. The Morgan fingerprint density at radius 1 is 1.07 bits per heavy atom. The summed E-state index contributed by atoms with van der Waals surface area (Å²) in [6, 6.07) is 8.88. The van der Waals surface area contributed by atoms with Crippen molar-refractivity contribution in [2.24, 2.45) is 5.10 Å². The van der Waals surface area contributed by atoms with Crippen molar-refractivity contribution >= 4 is 57.8 Å². The van der Waals surface area contributed by atoms with Crippen LogP contribution in [-0.2, 0) is 12.8 Å². The minimum atomic E-state index is -0.298. The lowest BCUT2D eigenvalue weighted by Crippen LogP contribution is -2.17. The smallest absolute Gasteiger partial charge is 0.271 e. The zero-order valence-electron chi connectivity index (χ0n) is 14.3. The number of aromatic amines is 1. The molecule has 3 aromatic rings. The number of hydrogen-bond acceptors (Lipinski definition) is 2. The number of nitrogens with one attached hydrogen (secondary N) is 2. The van der Waals surface area contributed by atoms with Crippen LogP contribution in [-0.4, -0.2) is 17.1 Å². The van der Waals surface area contributed by atoms with Gasteiger partial charge in [-0.05, 0) is 61.6 Å². The van der Waals surface area contributed by atoms with Gasteiger partial charge in [-0.25, -0.2) is 5.43 Å². The van der Waals surface area contributed by atoms with Crippen molar-refractivity contribution in [3.8, 4) is 0 Å². The van der Waals surface area contributed by atoms with Gasteiger partial charge in [0.05, 0.1) is 21.3 Å². The van der Waals surface area contributed by atoms with Crippen LogP contribution in [0.2, 0.25) is 15.1 Å². The molecule has 2 N–H and O–H groups in total. The number of amides is 1.